The molecule has 0 saturated carbocycles. The van der Waals surface area contributed by atoms with E-state index < -0.39 is 10.0 Å². The maximum absolute atomic E-state index is 12.2. The zero-order valence-corrected chi connectivity index (χ0v) is 13.4. The van der Waals surface area contributed by atoms with E-state index in [1.165, 1.54) is 5.56 Å². The van der Waals surface area contributed by atoms with Gasteiger partial charge in [0.05, 0.1) is 4.90 Å². The van der Waals surface area contributed by atoms with Crippen LogP contribution in [0.4, 0.5) is 0 Å². The number of nitrogens with one attached hydrogen (secondary N) is 1. The zero-order chi connectivity index (χ0) is 15.5. The molecule has 0 fully saturated rings. The predicted molar refractivity (Wildman–Crippen MR) is 85.6 cm³/mol. The molecule has 0 unspecified atom stereocenters. The van der Waals surface area contributed by atoms with Crippen LogP contribution in [0.15, 0.2) is 59.5 Å². The van der Waals surface area contributed by atoms with Gasteiger partial charge in [0, 0.05) is 6.54 Å². The minimum atomic E-state index is -3.46. The van der Waals surface area contributed by atoms with Crippen molar-refractivity contribution in [2.75, 3.05) is 0 Å². The molecular weight excluding hydrogens is 282 g/mol. The highest BCUT2D eigenvalue weighted by atomic mass is 32.2. The molecular formula is C17H21NO2S. The van der Waals surface area contributed by atoms with Gasteiger partial charge < -0.3 is 0 Å². The van der Waals surface area contributed by atoms with Crippen molar-refractivity contribution in [1.29, 1.82) is 0 Å². The van der Waals surface area contributed by atoms with Crippen LogP contribution in [0.2, 0.25) is 0 Å². The van der Waals surface area contributed by atoms with Crippen LogP contribution in [0.25, 0.3) is 0 Å². The van der Waals surface area contributed by atoms with Crippen LogP contribution in [-0.2, 0) is 22.0 Å². The Balaban J connectivity index is 2.14. The molecule has 21 heavy (non-hydrogen) atoms. The Bertz CT molecular complexity index is 701. The van der Waals surface area contributed by atoms with E-state index in [-0.39, 0.29) is 10.3 Å². The molecule has 0 aliphatic heterocycles. The van der Waals surface area contributed by atoms with E-state index in [1.807, 2.05) is 18.2 Å². The van der Waals surface area contributed by atoms with Crippen molar-refractivity contribution in [3.05, 3.63) is 65.7 Å². The average molecular weight is 303 g/mol. The summed E-state index contributed by atoms with van der Waals surface area (Å²) >= 11 is 0. The summed E-state index contributed by atoms with van der Waals surface area (Å²) in [6.07, 6.45) is 0. The molecule has 0 aliphatic carbocycles. The second kappa shape index (κ2) is 6.00. The predicted octanol–water partition coefficient (Wildman–Crippen LogP) is 3.46. The first-order chi connectivity index (χ1) is 9.79. The molecule has 2 aromatic carbocycles. The van der Waals surface area contributed by atoms with Gasteiger partial charge in [-0.2, -0.15) is 0 Å². The molecule has 0 spiro atoms. The number of sulfonamides is 1. The van der Waals surface area contributed by atoms with Crippen molar-refractivity contribution >= 4 is 10.0 Å². The van der Waals surface area contributed by atoms with E-state index >= 15 is 0 Å². The summed E-state index contributed by atoms with van der Waals surface area (Å²) in [7, 11) is -3.46. The number of benzene rings is 2. The summed E-state index contributed by atoms with van der Waals surface area (Å²) < 4.78 is 27.0. The van der Waals surface area contributed by atoms with Gasteiger partial charge in [0.25, 0.3) is 0 Å². The molecule has 3 nitrogen and oxygen atoms in total. The first kappa shape index (κ1) is 15.7. The molecule has 112 valence electrons. The van der Waals surface area contributed by atoms with E-state index in [9.17, 15) is 8.42 Å². The van der Waals surface area contributed by atoms with Crippen molar-refractivity contribution in [3.8, 4) is 0 Å². The molecule has 0 bridgehead atoms. The fraction of sp³-hybridized carbons (Fsp3) is 0.294. The van der Waals surface area contributed by atoms with Crippen LogP contribution in [0, 0.1) is 0 Å². The molecule has 0 amide bonds. The third kappa shape index (κ3) is 4.16. The smallest absolute Gasteiger partial charge is 0.207 e. The van der Waals surface area contributed by atoms with Gasteiger partial charge in [-0.15, -0.1) is 0 Å². The Morgan fingerprint density at radius 1 is 0.952 bits per heavy atom. The van der Waals surface area contributed by atoms with Gasteiger partial charge in [-0.25, -0.2) is 13.1 Å². The van der Waals surface area contributed by atoms with E-state index in [4.69, 9.17) is 0 Å². The summed E-state index contributed by atoms with van der Waals surface area (Å²) in [6, 6.07) is 16.4. The Morgan fingerprint density at radius 2 is 1.62 bits per heavy atom. The van der Waals surface area contributed by atoms with Crippen LogP contribution < -0.4 is 4.72 Å². The highest BCUT2D eigenvalue weighted by Gasteiger charge is 2.15. The monoisotopic (exact) mass is 303 g/mol. The summed E-state index contributed by atoms with van der Waals surface area (Å²) in [6.45, 7) is 6.71. The molecule has 4 heteroatoms. The third-order valence-electron chi connectivity index (χ3n) is 3.31. The quantitative estimate of drug-likeness (QED) is 0.940. The van der Waals surface area contributed by atoms with Gasteiger partial charge >= 0.3 is 0 Å². The van der Waals surface area contributed by atoms with Gasteiger partial charge in [0.15, 0.2) is 0 Å². The Kier molecular flexibility index (Phi) is 4.49. The number of hydrogen-bond acceptors (Lipinski definition) is 2. The van der Waals surface area contributed by atoms with Gasteiger partial charge in [-0.1, -0.05) is 63.2 Å². The van der Waals surface area contributed by atoms with Crippen LogP contribution >= 0.6 is 0 Å². The van der Waals surface area contributed by atoms with Crippen molar-refractivity contribution < 1.29 is 8.42 Å². The Labute approximate surface area is 127 Å². The van der Waals surface area contributed by atoms with Gasteiger partial charge in [-0.3, -0.25) is 0 Å². The van der Waals surface area contributed by atoms with E-state index in [0.29, 0.717) is 6.54 Å². The highest BCUT2D eigenvalue weighted by Crippen LogP contribution is 2.22. The molecule has 0 aliphatic rings. The molecule has 2 rings (SSSR count). The number of rotatable bonds is 4. The fourth-order valence-corrected chi connectivity index (χ4v) is 3.05. The summed E-state index contributed by atoms with van der Waals surface area (Å²) in [5, 5.41) is 0. The normalized spacial score (nSPS) is 12.3. The molecule has 0 saturated heterocycles. The first-order valence-corrected chi connectivity index (χ1v) is 8.41. The number of hydrogen-bond donors (Lipinski definition) is 1. The van der Waals surface area contributed by atoms with Crippen molar-refractivity contribution in [2.24, 2.45) is 0 Å². The molecule has 0 aromatic heterocycles. The SMILES string of the molecule is CC(C)(C)c1cccc(CNS(=O)(=O)c2ccccc2)c1. The highest BCUT2D eigenvalue weighted by molar-refractivity contribution is 7.89. The lowest BCUT2D eigenvalue weighted by Crippen LogP contribution is -2.23. The summed E-state index contributed by atoms with van der Waals surface area (Å²) in [4.78, 5) is 0.289. The standard InChI is InChI=1S/C17H21NO2S/c1-17(2,3)15-9-7-8-14(12-15)13-18-21(19,20)16-10-5-4-6-11-16/h4-12,18H,13H2,1-3H3. The first-order valence-electron chi connectivity index (χ1n) is 6.93. The molecule has 1 N–H and O–H groups in total. The van der Waals surface area contributed by atoms with Crippen molar-refractivity contribution in [1.82, 2.24) is 4.72 Å². The second-order valence-corrected chi connectivity index (χ2v) is 7.85. The fourth-order valence-electron chi connectivity index (χ4n) is 2.01. The van der Waals surface area contributed by atoms with E-state index in [1.54, 1.807) is 30.3 Å². The molecule has 0 radical (unpaired) electrons. The van der Waals surface area contributed by atoms with Gasteiger partial charge in [0.2, 0.25) is 10.0 Å². The second-order valence-electron chi connectivity index (χ2n) is 6.09. The van der Waals surface area contributed by atoms with Crippen LogP contribution in [0.3, 0.4) is 0 Å². The topological polar surface area (TPSA) is 46.2 Å². The lowest BCUT2D eigenvalue weighted by Gasteiger charge is -2.19. The lowest BCUT2D eigenvalue weighted by atomic mass is 9.86. The summed E-state index contributed by atoms with van der Waals surface area (Å²) in [5.41, 5.74) is 2.20. The minimum Gasteiger partial charge on any atom is -0.207 e. The molecule has 0 heterocycles. The zero-order valence-electron chi connectivity index (χ0n) is 12.6. The lowest BCUT2D eigenvalue weighted by molar-refractivity contribution is 0.580. The van der Waals surface area contributed by atoms with Crippen LogP contribution in [-0.4, -0.2) is 8.42 Å². The van der Waals surface area contributed by atoms with Crippen LogP contribution in [0.1, 0.15) is 31.9 Å². The van der Waals surface area contributed by atoms with E-state index in [0.717, 1.165) is 5.56 Å². The third-order valence-corrected chi connectivity index (χ3v) is 4.73. The van der Waals surface area contributed by atoms with Gasteiger partial charge in [-0.05, 0) is 28.7 Å². The average Bonchev–Trinajstić information content (AvgIpc) is 2.46. The summed E-state index contributed by atoms with van der Waals surface area (Å²) in [5.74, 6) is 0. The van der Waals surface area contributed by atoms with Crippen molar-refractivity contribution in [2.45, 2.75) is 37.6 Å². The van der Waals surface area contributed by atoms with Gasteiger partial charge in [0.1, 0.15) is 0 Å². The minimum absolute atomic E-state index is 0.0499. The maximum Gasteiger partial charge on any atom is 0.240 e. The molecule has 0 atom stereocenters. The molecule has 2 aromatic rings. The Hall–Kier alpha value is -1.65. The largest absolute Gasteiger partial charge is 0.240 e. The maximum atomic E-state index is 12.2. The van der Waals surface area contributed by atoms with Crippen LogP contribution in [0.5, 0.6) is 0 Å². The Morgan fingerprint density at radius 3 is 2.24 bits per heavy atom. The van der Waals surface area contributed by atoms with Crippen molar-refractivity contribution in [3.63, 3.8) is 0 Å². The van der Waals surface area contributed by atoms with E-state index in [2.05, 4.69) is 31.6 Å².